The van der Waals surface area contributed by atoms with E-state index in [1.54, 1.807) is 0 Å². The van der Waals surface area contributed by atoms with Gasteiger partial charge in [-0.15, -0.1) is 16.4 Å². The third kappa shape index (κ3) is 6.36. The van der Waals surface area contributed by atoms with Gasteiger partial charge in [0.15, 0.2) is 70.0 Å². The van der Waals surface area contributed by atoms with E-state index in [1.165, 1.54) is 0 Å². The van der Waals surface area contributed by atoms with E-state index < -0.39 is 194 Å². The average molecular weight is 1030 g/mol. The monoisotopic (exact) mass is 1030 g/mol. The number of rotatable bonds is 7. The molecule has 5 unspecified atom stereocenters. The second-order valence-electron chi connectivity index (χ2n) is 16.8. The van der Waals surface area contributed by atoms with E-state index >= 15 is 87.8 Å². The quantitative estimate of drug-likeness (QED) is 0.0491. The van der Waals surface area contributed by atoms with Crippen molar-refractivity contribution in [2.24, 2.45) is 0 Å². The number of allylic oxidation sites excluding steroid dienone is 2. The van der Waals surface area contributed by atoms with Crippen LogP contribution in [0.15, 0.2) is 66.3 Å². The van der Waals surface area contributed by atoms with Crippen LogP contribution in [0.3, 0.4) is 0 Å². The summed E-state index contributed by atoms with van der Waals surface area (Å²) in [4.78, 5) is 0. The van der Waals surface area contributed by atoms with Gasteiger partial charge in [0.1, 0.15) is 46.9 Å². The molecular formula is C48H32BF20P. The first-order valence-corrected chi connectivity index (χ1v) is 20.0. The van der Waals surface area contributed by atoms with Crippen molar-refractivity contribution in [3.8, 4) is 0 Å². The molecule has 0 N–H and O–H groups in total. The number of aryl methyl sites for hydroxylation is 6. The van der Waals surface area contributed by atoms with Crippen molar-refractivity contribution in [3.05, 3.63) is 204 Å². The summed E-state index contributed by atoms with van der Waals surface area (Å²) in [6.45, 7) is 4.38. The van der Waals surface area contributed by atoms with Gasteiger partial charge in [-0.1, -0.05) is 60.2 Å². The summed E-state index contributed by atoms with van der Waals surface area (Å²) in [5.74, 6) is -60.9. The van der Waals surface area contributed by atoms with Crippen LogP contribution in [0.1, 0.15) is 50.1 Å². The minimum atomic E-state index is -7.76. The fourth-order valence-corrected chi connectivity index (χ4v) is 11.0. The van der Waals surface area contributed by atoms with Crippen molar-refractivity contribution in [3.63, 3.8) is 0 Å². The largest absolute Gasteiger partial charge is 0.237 e. The molecule has 0 radical (unpaired) electrons. The Kier molecular flexibility index (Phi) is 13.6. The summed E-state index contributed by atoms with van der Waals surface area (Å²) in [7, 11) is 0. The molecule has 5 atom stereocenters. The number of hydrogen-bond acceptors (Lipinski definition) is 0. The fraction of sp³-hybridized carbons (Fsp3) is 0.208. The third-order valence-corrected chi connectivity index (χ3v) is 13.4. The minimum Gasteiger partial charge on any atom is -0.237 e. The zero-order valence-corrected chi connectivity index (χ0v) is 38.9. The molecule has 0 nitrogen and oxygen atoms in total. The van der Waals surface area contributed by atoms with Gasteiger partial charge in [-0.25, -0.2) is 87.8 Å². The molecule has 0 spiro atoms. The topological polar surface area (TPSA) is 0 Å². The third-order valence-electron chi connectivity index (χ3n) is 13.4. The summed E-state index contributed by atoms with van der Waals surface area (Å²) in [6, 6.07) is 7.30. The Morgan fingerprint density at radius 3 is 0.857 bits per heavy atom. The van der Waals surface area contributed by atoms with Gasteiger partial charge >= 0.3 is 0 Å². The molecule has 0 amide bonds. The van der Waals surface area contributed by atoms with Crippen LogP contribution < -0.4 is 16.4 Å². The summed E-state index contributed by atoms with van der Waals surface area (Å²) in [6.07, 6.45) is -12.3. The zero-order valence-electron chi connectivity index (χ0n) is 36.9. The van der Waals surface area contributed by atoms with Crippen LogP contribution in [0, 0.1) is 129 Å². The van der Waals surface area contributed by atoms with Crippen LogP contribution in [-0.2, 0) is 16.7 Å². The van der Waals surface area contributed by atoms with E-state index in [9.17, 15) is 0 Å². The van der Waals surface area contributed by atoms with Crippen LogP contribution in [0.5, 0.6) is 0 Å². The highest BCUT2D eigenvalue weighted by molar-refractivity contribution is 7.14. The summed E-state index contributed by atoms with van der Waals surface area (Å²) < 4.78 is 344. The Hall–Kier alpha value is -5.85. The Bertz CT molecular complexity index is 2930. The van der Waals surface area contributed by atoms with E-state index in [-0.39, 0.29) is 9.90 Å². The number of benzene rings is 6. The van der Waals surface area contributed by atoms with Gasteiger partial charge in [-0.2, -0.15) is 0 Å². The molecular weight excluding hydrogens is 998 g/mol. The SMILES string of the molecule is Cc1cccc(C)c1C1(F)C(F)C(F)=C(F)C(c2c(C)cccc2C)([B-](c2c(F)c(F)c(F)c(F)c2F)(c2c(F)c(F)c(F)c(F)c2F)c2c(F)c(F)c(F)c(F)c2F)C1(F)c1c(C)cccc1C.[PH4+]. The highest BCUT2D eigenvalue weighted by atomic mass is 31.0. The Morgan fingerprint density at radius 1 is 0.357 bits per heavy atom. The van der Waals surface area contributed by atoms with Crippen molar-refractivity contribution in [1.29, 1.82) is 0 Å². The predicted octanol–water partition coefficient (Wildman–Crippen LogP) is 12.6. The van der Waals surface area contributed by atoms with Gasteiger partial charge in [-0.3, -0.25) is 0 Å². The Balaban J connectivity index is 0.00000804. The van der Waals surface area contributed by atoms with Gasteiger partial charge in [0.2, 0.25) is 5.67 Å². The molecule has 1 aliphatic carbocycles. The van der Waals surface area contributed by atoms with Crippen LogP contribution in [0.2, 0.25) is 0 Å². The number of hydrogen-bond donors (Lipinski definition) is 0. The maximum Gasteiger partial charge on any atom is 0.209 e. The highest BCUT2D eigenvalue weighted by Crippen LogP contribution is 2.71. The lowest BCUT2D eigenvalue weighted by molar-refractivity contribution is -0.137. The summed E-state index contributed by atoms with van der Waals surface area (Å²) in [5.41, 5.74) is -32.5. The number of halogens is 20. The van der Waals surface area contributed by atoms with E-state index in [0.29, 0.717) is 26.0 Å². The first-order chi connectivity index (χ1) is 32.0. The molecule has 0 saturated heterocycles. The van der Waals surface area contributed by atoms with Crippen LogP contribution in [-0.4, -0.2) is 12.3 Å². The van der Waals surface area contributed by atoms with Gasteiger partial charge in [0.05, 0.1) is 0 Å². The predicted molar refractivity (Wildman–Crippen MR) is 225 cm³/mol. The normalized spacial score (nSPS) is 20.6. The second kappa shape index (κ2) is 17.8. The smallest absolute Gasteiger partial charge is 0.209 e. The van der Waals surface area contributed by atoms with Crippen molar-refractivity contribution in [2.75, 3.05) is 0 Å². The molecule has 6 aromatic carbocycles. The highest BCUT2D eigenvalue weighted by Gasteiger charge is 2.81. The molecule has 0 bridgehead atoms. The maximum atomic E-state index is 21.6. The Labute approximate surface area is 387 Å². The Morgan fingerprint density at radius 2 is 0.586 bits per heavy atom. The fourth-order valence-electron chi connectivity index (χ4n) is 11.0. The van der Waals surface area contributed by atoms with Crippen molar-refractivity contribution >= 4 is 32.4 Å². The average Bonchev–Trinajstić information content (AvgIpc) is 3.29. The van der Waals surface area contributed by atoms with Crippen molar-refractivity contribution < 1.29 is 87.8 Å². The van der Waals surface area contributed by atoms with Gasteiger partial charge in [0, 0.05) is 5.56 Å². The molecule has 6 aromatic rings. The van der Waals surface area contributed by atoms with Crippen LogP contribution >= 0.6 is 9.90 Å². The summed E-state index contributed by atoms with van der Waals surface area (Å²) in [5, 5.41) is -5.86. The second-order valence-corrected chi connectivity index (χ2v) is 16.8. The van der Waals surface area contributed by atoms with E-state index in [2.05, 4.69) is 0 Å². The lowest BCUT2D eigenvalue weighted by atomic mass is 9.02. The molecule has 7 rings (SSSR count). The van der Waals surface area contributed by atoms with E-state index in [0.717, 1.165) is 70.2 Å². The first-order valence-electron chi connectivity index (χ1n) is 20.0. The number of alkyl halides is 3. The van der Waals surface area contributed by atoms with Crippen LogP contribution in [0.4, 0.5) is 87.8 Å². The van der Waals surface area contributed by atoms with Crippen molar-refractivity contribution in [1.82, 2.24) is 0 Å². The van der Waals surface area contributed by atoms with Gasteiger partial charge < -0.3 is 0 Å². The van der Waals surface area contributed by atoms with E-state index in [4.69, 9.17) is 0 Å². The molecule has 0 heterocycles. The molecule has 22 heteroatoms. The minimum absolute atomic E-state index is 0. The van der Waals surface area contributed by atoms with Crippen LogP contribution in [0.25, 0.3) is 0 Å². The lowest BCUT2D eigenvalue weighted by Gasteiger charge is -2.68. The molecule has 70 heavy (non-hydrogen) atoms. The molecule has 0 saturated carbocycles. The van der Waals surface area contributed by atoms with Gasteiger partial charge in [0.25, 0.3) is 0 Å². The van der Waals surface area contributed by atoms with Crippen molar-refractivity contribution in [2.45, 2.75) is 64.4 Å². The molecule has 0 aliphatic heterocycles. The maximum absolute atomic E-state index is 21.6. The molecule has 0 fully saturated rings. The van der Waals surface area contributed by atoms with E-state index in [1.807, 2.05) is 0 Å². The van der Waals surface area contributed by atoms with Gasteiger partial charge in [-0.05, 0) is 95.7 Å². The molecule has 0 aromatic heterocycles. The first kappa shape index (κ1) is 53.5. The zero-order chi connectivity index (χ0) is 51.7. The standard InChI is InChI=1S/C48H28BF20.H3P/c1-16-10-7-11-17(2)22(16)46(44(66)43(65)45(67)47(68,23-18(3)12-8-13-19(23)4)48(46,69)24-20(5)14-9-15-21(24)6)49(25-28(50)34(56)40(62)35(57)29(25)51,26-30(52)36(58)41(63)37(59)31(26)53)27-32(54)38(60)42(64)39(61)33(27)55;/h7-15,45H,1-6H3;1H3/q-1;/p+1. The molecule has 1 aliphatic rings. The molecule has 372 valence electrons. The lowest BCUT2D eigenvalue weighted by Crippen LogP contribution is -2.89. The summed E-state index contributed by atoms with van der Waals surface area (Å²) >= 11 is 0.